The molecular formula is C16H17F2NO. The molecule has 2 aromatic rings. The average molecular weight is 277 g/mol. The van der Waals surface area contributed by atoms with Gasteiger partial charge in [0.05, 0.1) is 12.6 Å². The Bertz CT molecular complexity index is 593. The van der Waals surface area contributed by atoms with Crippen LogP contribution in [0.3, 0.4) is 0 Å². The van der Waals surface area contributed by atoms with Crippen LogP contribution in [0.15, 0.2) is 36.4 Å². The number of rotatable bonds is 4. The number of halogens is 2. The van der Waals surface area contributed by atoms with Crippen molar-refractivity contribution in [2.24, 2.45) is 0 Å². The lowest BCUT2D eigenvalue weighted by atomic mass is 10.0. The van der Waals surface area contributed by atoms with Crippen molar-refractivity contribution in [3.8, 4) is 0 Å². The highest BCUT2D eigenvalue weighted by Crippen LogP contribution is 2.24. The second-order valence-electron chi connectivity index (χ2n) is 4.90. The first kappa shape index (κ1) is 14.5. The SMILES string of the molecule is Cc1cc(F)cc(NC(CO)c2ccc(F)cc2C)c1. The van der Waals surface area contributed by atoms with Crippen LogP contribution in [0.2, 0.25) is 0 Å². The van der Waals surface area contributed by atoms with Crippen molar-refractivity contribution >= 4 is 5.69 Å². The first-order chi connectivity index (χ1) is 9.49. The first-order valence-electron chi connectivity index (χ1n) is 6.40. The first-order valence-corrected chi connectivity index (χ1v) is 6.40. The molecule has 0 aliphatic heterocycles. The number of benzene rings is 2. The van der Waals surface area contributed by atoms with E-state index in [1.165, 1.54) is 24.3 Å². The van der Waals surface area contributed by atoms with Crippen LogP contribution in [0.1, 0.15) is 22.7 Å². The van der Waals surface area contributed by atoms with Crippen molar-refractivity contribution in [2.45, 2.75) is 19.9 Å². The Balaban J connectivity index is 2.28. The van der Waals surface area contributed by atoms with Crippen LogP contribution in [0.25, 0.3) is 0 Å². The lowest BCUT2D eigenvalue weighted by Gasteiger charge is -2.20. The molecule has 2 rings (SSSR count). The summed E-state index contributed by atoms with van der Waals surface area (Å²) in [5.74, 6) is -0.649. The molecule has 0 saturated heterocycles. The molecule has 0 aliphatic rings. The van der Waals surface area contributed by atoms with Gasteiger partial charge in [0, 0.05) is 5.69 Å². The summed E-state index contributed by atoms with van der Waals surface area (Å²) in [6, 6.07) is 8.59. The minimum absolute atomic E-state index is 0.165. The number of nitrogens with one attached hydrogen (secondary N) is 1. The molecule has 0 radical (unpaired) electrons. The molecule has 106 valence electrons. The molecule has 1 unspecified atom stereocenters. The number of aliphatic hydroxyl groups excluding tert-OH is 1. The summed E-state index contributed by atoms with van der Waals surface area (Å²) in [6.07, 6.45) is 0. The maximum atomic E-state index is 13.4. The molecule has 2 N–H and O–H groups in total. The molecule has 0 amide bonds. The van der Waals surface area contributed by atoms with Gasteiger partial charge in [-0.25, -0.2) is 8.78 Å². The third-order valence-electron chi connectivity index (χ3n) is 3.17. The highest BCUT2D eigenvalue weighted by Gasteiger charge is 2.13. The molecule has 0 fully saturated rings. The van der Waals surface area contributed by atoms with E-state index >= 15 is 0 Å². The van der Waals surface area contributed by atoms with Crippen LogP contribution in [-0.4, -0.2) is 11.7 Å². The van der Waals surface area contributed by atoms with Gasteiger partial charge in [-0.3, -0.25) is 0 Å². The summed E-state index contributed by atoms with van der Waals surface area (Å²) >= 11 is 0. The van der Waals surface area contributed by atoms with Crippen LogP contribution < -0.4 is 5.32 Å². The molecule has 0 spiro atoms. The maximum Gasteiger partial charge on any atom is 0.125 e. The zero-order chi connectivity index (χ0) is 14.7. The predicted octanol–water partition coefficient (Wildman–Crippen LogP) is 3.73. The fraction of sp³-hybridized carbons (Fsp3) is 0.250. The summed E-state index contributed by atoms with van der Waals surface area (Å²) in [5, 5.41) is 12.6. The van der Waals surface area contributed by atoms with E-state index in [0.29, 0.717) is 5.69 Å². The molecule has 0 saturated carbocycles. The molecular weight excluding hydrogens is 260 g/mol. The molecule has 2 aromatic carbocycles. The molecule has 0 bridgehead atoms. The van der Waals surface area contributed by atoms with Crippen molar-refractivity contribution in [1.82, 2.24) is 0 Å². The van der Waals surface area contributed by atoms with Gasteiger partial charge in [-0.15, -0.1) is 0 Å². The summed E-state index contributed by atoms with van der Waals surface area (Å²) in [4.78, 5) is 0. The van der Waals surface area contributed by atoms with Crippen LogP contribution in [0.4, 0.5) is 14.5 Å². The topological polar surface area (TPSA) is 32.3 Å². The minimum Gasteiger partial charge on any atom is -0.394 e. The Morgan fingerprint density at radius 1 is 1.05 bits per heavy atom. The van der Waals surface area contributed by atoms with Crippen molar-refractivity contribution < 1.29 is 13.9 Å². The predicted molar refractivity (Wildman–Crippen MR) is 75.7 cm³/mol. The number of hydrogen-bond acceptors (Lipinski definition) is 2. The number of anilines is 1. The summed E-state index contributed by atoms with van der Waals surface area (Å²) in [7, 11) is 0. The molecule has 4 heteroatoms. The van der Waals surface area contributed by atoms with Crippen molar-refractivity contribution in [3.05, 3.63) is 64.7 Å². The van der Waals surface area contributed by atoms with Gasteiger partial charge in [0.25, 0.3) is 0 Å². The minimum atomic E-state index is -0.406. The van der Waals surface area contributed by atoms with Crippen LogP contribution in [0, 0.1) is 25.5 Å². The van der Waals surface area contributed by atoms with Crippen molar-refractivity contribution in [1.29, 1.82) is 0 Å². The quantitative estimate of drug-likeness (QED) is 0.892. The molecule has 2 nitrogen and oxygen atoms in total. The molecule has 20 heavy (non-hydrogen) atoms. The van der Waals surface area contributed by atoms with E-state index in [1.807, 2.05) is 0 Å². The summed E-state index contributed by atoms with van der Waals surface area (Å²) in [6.45, 7) is 3.41. The van der Waals surface area contributed by atoms with Gasteiger partial charge in [0.1, 0.15) is 11.6 Å². The number of aliphatic hydroxyl groups is 1. The Morgan fingerprint density at radius 3 is 2.40 bits per heavy atom. The van der Waals surface area contributed by atoms with E-state index < -0.39 is 6.04 Å². The fourth-order valence-corrected chi connectivity index (χ4v) is 2.27. The Kier molecular flexibility index (Phi) is 4.35. The Hall–Kier alpha value is -1.94. The van der Waals surface area contributed by atoms with Crippen LogP contribution >= 0.6 is 0 Å². The van der Waals surface area contributed by atoms with Gasteiger partial charge < -0.3 is 10.4 Å². The second-order valence-corrected chi connectivity index (χ2v) is 4.90. The van der Waals surface area contributed by atoms with Gasteiger partial charge in [-0.05, 0) is 60.9 Å². The lowest BCUT2D eigenvalue weighted by Crippen LogP contribution is -2.16. The fourth-order valence-electron chi connectivity index (χ4n) is 2.27. The summed E-state index contributed by atoms with van der Waals surface area (Å²) < 4.78 is 26.5. The standard InChI is InChI=1S/C16H17F2NO/c1-10-5-13(18)8-14(6-10)19-16(9-20)15-4-3-12(17)7-11(15)2/h3-8,16,19-20H,9H2,1-2H3. The second kappa shape index (κ2) is 6.01. The highest BCUT2D eigenvalue weighted by atomic mass is 19.1. The Labute approximate surface area is 117 Å². The number of aryl methyl sites for hydroxylation is 2. The van der Waals surface area contributed by atoms with E-state index in [0.717, 1.165) is 16.7 Å². The van der Waals surface area contributed by atoms with Gasteiger partial charge in [-0.2, -0.15) is 0 Å². The van der Waals surface area contributed by atoms with Crippen LogP contribution in [-0.2, 0) is 0 Å². The van der Waals surface area contributed by atoms with Gasteiger partial charge in [-0.1, -0.05) is 6.07 Å². The third kappa shape index (κ3) is 3.33. The van der Waals surface area contributed by atoms with Crippen molar-refractivity contribution in [3.63, 3.8) is 0 Å². The molecule has 0 aromatic heterocycles. The van der Waals surface area contributed by atoms with E-state index in [4.69, 9.17) is 0 Å². The van der Waals surface area contributed by atoms with E-state index in [1.54, 1.807) is 26.0 Å². The van der Waals surface area contributed by atoms with Crippen molar-refractivity contribution in [2.75, 3.05) is 11.9 Å². The zero-order valence-corrected chi connectivity index (χ0v) is 11.5. The number of hydrogen-bond donors (Lipinski definition) is 2. The van der Waals surface area contributed by atoms with E-state index in [9.17, 15) is 13.9 Å². The van der Waals surface area contributed by atoms with E-state index in [2.05, 4.69) is 5.32 Å². The average Bonchev–Trinajstić information content (AvgIpc) is 2.35. The van der Waals surface area contributed by atoms with Gasteiger partial charge in [0.15, 0.2) is 0 Å². The summed E-state index contributed by atoms with van der Waals surface area (Å²) in [5.41, 5.74) is 2.91. The van der Waals surface area contributed by atoms with Crippen LogP contribution in [0.5, 0.6) is 0 Å². The largest absolute Gasteiger partial charge is 0.394 e. The third-order valence-corrected chi connectivity index (χ3v) is 3.17. The lowest BCUT2D eigenvalue weighted by molar-refractivity contribution is 0.276. The molecule has 1 atom stereocenters. The molecule has 0 aliphatic carbocycles. The smallest absolute Gasteiger partial charge is 0.125 e. The van der Waals surface area contributed by atoms with Gasteiger partial charge >= 0.3 is 0 Å². The molecule has 0 heterocycles. The normalized spacial score (nSPS) is 12.2. The monoisotopic (exact) mass is 277 g/mol. The Morgan fingerprint density at radius 2 is 1.80 bits per heavy atom. The van der Waals surface area contributed by atoms with Gasteiger partial charge in [0.2, 0.25) is 0 Å². The zero-order valence-electron chi connectivity index (χ0n) is 11.5. The highest BCUT2D eigenvalue weighted by molar-refractivity contribution is 5.49. The maximum absolute atomic E-state index is 13.4. The van der Waals surface area contributed by atoms with E-state index in [-0.39, 0.29) is 18.2 Å².